The molecule has 1 aromatic carbocycles. The highest BCUT2D eigenvalue weighted by molar-refractivity contribution is 5.78. The van der Waals surface area contributed by atoms with Crippen LogP contribution in [0, 0.1) is 12.8 Å². The zero-order chi connectivity index (χ0) is 16.2. The number of piperidine rings is 1. The Morgan fingerprint density at radius 2 is 2.00 bits per heavy atom. The van der Waals surface area contributed by atoms with Gasteiger partial charge in [-0.25, -0.2) is 0 Å². The third-order valence-corrected chi connectivity index (χ3v) is 4.34. The summed E-state index contributed by atoms with van der Waals surface area (Å²) >= 11 is 0. The van der Waals surface area contributed by atoms with Crippen molar-refractivity contribution in [1.29, 1.82) is 0 Å². The first-order valence-electron chi connectivity index (χ1n) is 7.99. The van der Waals surface area contributed by atoms with E-state index in [1.165, 1.54) is 5.56 Å². The van der Waals surface area contributed by atoms with E-state index in [0.717, 1.165) is 31.5 Å². The molecule has 0 bridgehead atoms. The first kappa shape index (κ1) is 15.7. The summed E-state index contributed by atoms with van der Waals surface area (Å²) in [4.78, 5) is 18.4. The molecule has 3 rings (SSSR count). The Bertz CT molecular complexity index is 657. The average molecular weight is 314 g/mol. The van der Waals surface area contributed by atoms with E-state index in [-0.39, 0.29) is 11.8 Å². The summed E-state index contributed by atoms with van der Waals surface area (Å²) < 4.78 is 5.37. The van der Waals surface area contributed by atoms with E-state index in [1.54, 1.807) is 7.05 Å². The number of hydrogen-bond acceptors (Lipinski definition) is 5. The molecule has 2 heterocycles. The Hall–Kier alpha value is -2.21. The minimum Gasteiger partial charge on any atom is -0.359 e. The molecular formula is C17H22N4O2. The lowest BCUT2D eigenvalue weighted by molar-refractivity contribution is -0.125. The van der Waals surface area contributed by atoms with Crippen LogP contribution in [-0.4, -0.2) is 41.1 Å². The second-order valence-electron chi connectivity index (χ2n) is 6.04. The van der Waals surface area contributed by atoms with E-state index >= 15 is 0 Å². The highest BCUT2D eigenvalue weighted by Gasteiger charge is 2.25. The third kappa shape index (κ3) is 3.76. The van der Waals surface area contributed by atoms with Crippen molar-refractivity contribution in [1.82, 2.24) is 20.4 Å². The predicted molar refractivity (Wildman–Crippen MR) is 86.5 cm³/mol. The van der Waals surface area contributed by atoms with E-state index in [2.05, 4.69) is 20.4 Å². The first-order chi connectivity index (χ1) is 11.2. The molecule has 1 amide bonds. The second kappa shape index (κ2) is 6.91. The SMILES string of the molecule is CNC(=O)C1CCN(Cc2nc(-c3ccc(C)cc3)no2)CC1. The van der Waals surface area contributed by atoms with Crippen LogP contribution in [0.15, 0.2) is 28.8 Å². The molecule has 0 unspecified atom stereocenters. The van der Waals surface area contributed by atoms with Crippen molar-refractivity contribution in [3.8, 4) is 11.4 Å². The fraction of sp³-hybridized carbons (Fsp3) is 0.471. The fourth-order valence-corrected chi connectivity index (χ4v) is 2.89. The molecule has 0 radical (unpaired) electrons. The van der Waals surface area contributed by atoms with Crippen LogP contribution in [0.3, 0.4) is 0 Å². The zero-order valence-electron chi connectivity index (χ0n) is 13.6. The molecule has 6 heteroatoms. The minimum absolute atomic E-state index is 0.127. The molecule has 1 saturated heterocycles. The van der Waals surface area contributed by atoms with Crippen LogP contribution in [0.5, 0.6) is 0 Å². The van der Waals surface area contributed by atoms with Crippen LogP contribution >= 0.6 is 0 Å². The van der Waals surface area contributed by atoms with Gasteiger partial charge in [0.2, 0.25) is 17.6 Å². The van der Waals surface area contributed by atoms with Gasteiger partial charge in [-0.3, -0.25) is 9.69 Å². The molecule has 2 aromatic rings. The molecule has 1 aromatic heterocycles. The van der Waals surface area contributed by atoms with Crippen molar-refractivity contribution >= 4 is 5.91 Å². The molecule has 1 fully saturated rings. The van der Waals surface area contributed by atoms with Gasteiger partial charge in [0.1, 0.15) is 0 Å². The highest BCUT2D eigenvalue weighted by atomic mass is 16.5. The minimum atomic E-state index is 0.127. The number of carbonyl (C=O) groups is 1. The van der Waals surface area contributed by atoms with Crippen molar-refractivity contribution in [2.45, 2.75) is 26.3 Å². The number of aryl methyl sites for hydroxylation is 1. The lowest BCUT2D eigenvalue weighted by Crippen LogP contribution is -2.39. The van der Waals surface area contributed by atoms with Crippen molar-refractivity contribution in [3.05, 3.63) is 35.7 Å². The van der Waals surface area contributed by atoms with Crippen LogP contribution in [-0.2, 0) is 11.3 Å². The highest BCUT2D eigenvalue weighted by Crippen LogP contribution is 2.20. The van der Waals surface area contributed by atoms with Crippen LogP contribution in [0.1, 0.15) is 24.3 Å². The average Bonchev–Trinajstić information content (AvgIpc) is 3.04. The Balaban J connectivity index is 1.58. The number of aromatic nitrogens is 2. The molecule has 0 spiro atoms. The van der Waals surface area contributed by atoms with Gasteiger partial charge in [0.25, 0.3) is 0 Å². The van der Waals surface area contributed by atoms with Gasteiger partial charge in [0.05, 0.1) is 6.54 Å². The largest absolute Gasteiger partial charge is 0.359 e. The Morgan fingerprint density at radius 3 is 2.65 bits per heavy atom. The number of benzene rings is 1. The molecule has 1 aliphatic heterocycles. The van der Waals surface area contributed by atoms with Gasteiger partial charge in [-0.1, -0.05) is 35.0 Å². The van der Waals surface area contributed by atoms with E-state index in [9.17, 15) is 4.79 Å². The molecule has 6 nitrogen and oxygen atoms in total. The maximum Gasteiger partial charge on any atom is 0.241 e. The summed E-state index contributed by atoms with van der Waals surface area (Å²) in [6, 6.07) is 8.07. The summed E-state index contributed by atoms with van der Waals surface area (Å²) in [6.45, 7) is 4.44. The van der Waals surface area contributed by atoms with E-state index in [0.29, 0.717) is 18.3 Å². The van der Waals surface area contributed by atoms with E-state index in [1.807, 2.05) is 31.2 Å². The monoisotopic (exact) mass is 314 g/mol. The summed E-state index contributed by atoms with van der Waals surface area (Å²) in [6.07, 6.45) is 1.75. The number of likely N-dealkylation sites (tertiary alicyclic amines) is 1. The zero-order valence-corrected chi connectivity index (χ0v) is 13.6. The maximum absolute atomic E-state index is 11.6. The van der Waals surface area contributed by atoms with Gasteiger partial charge >= 0.3 is 0 Å². The van der Waals surface area contributed by atoms with Gasteiger partial charge < -0.3 is 9.84 Å². The number of nitrogens with zero attached hydrogens (tertiary/aromatic N) is 3. The third-order valence-electron chi connectivity index (χ3n) is 4.34. The topological polar surface area (TPSA) is 71.3 Å². The summed E-state index contributed by atoms with van der Waals surface area (Å²) in [5.41, 5.74) is 2.17. The Morgan fingerprint density at radius 1 is 1.30 bits per heavy atom. The van der Waals surface area contributed by atoms with Crippen LogP contribution in [0.4, 0.5) is 0 Å². The van der Waals surface area contributed by atoms with Crippen LogP contribution in [0.25, 0.3) is 11.4 Å². The molecule has 23 heavy (non-hydrogen) atoms. The number of carbonyl (C=O) groups excluding carboxylic acids is 1. The molecule has 0 saturated carbocycles. The number of hydrogen-bond donors (Lipinski definition) is 1. The second-order valence-corrected chi connectivity index (χ2v) is 6.04. The number of rotatable bonds is 4. The van der Waals surface area contributed by atoms with Gasteiger partial charge in [0.15, 0.2) is 0 Å². The van der Waals surface area contributed by atoms with Crippen molar-refractivity contribution in [2.75, 3.05) is 20.1 Å². The van der Waals surface area contributed by atoms with Crippen molar-refractivity contribution in [2.24, 2.45) is 5.92 Å². The molecule has 0 aliphatic carbocycles. The van der Waals surface area contributed by atoms with Crippen LogP contribution in [0.2, 0.25) is 0 Å². The molecule has 122 valence electrons. The van der Waals surface area contributed by atoms with Crippen LogP contribution < -0.4 is 5.32 Å². The normalized spacial score (nSPS) is 16.4. The quantitative estimate of drug-likeness (QED) is 0.934. The first-order valence-corrected chi connectivity index (χ1v) is 7.99. The fourth-order valence-electron chi connectivity index (χ4n) is 2.89. The molecule has 1 aliphatic rings. The van der Waals surface area contributed by atoms with Crippen molar-refractivity contribution < 1.29 is 9.32 Å². The lowest BCUT2D eigenvalue weighted by atomic mass is 9.96. The summed E-state index contributed by atoms with van der Waals surface area (Å²) in [5, 5.41) is 6.79. The Labute approximate surface area is 135 Å². The lowest BCUT2D eigenvalue weighted by Gasteiger charge is -2.29. The predicted octanol–water partition coefficient (Wildman–Crippen LogP) is 2.00. The van der Waals surface area contributed by atoms with Gasteiger partial charge in [0, 0.05) is 18.5 Å². The van der Waals surface area contributed by atoms with E-state index < -0.39 is 0 Å². The smallest absolute Gasteiger partial charge is 0.241 e. The van der Waals surface area contributed by atoms with Gasteiger partial charge in [-0.15, -0.1) is 0 Å². The number of nitrogens with one attached hydrogen (secondary N) is 1. The number of amides is 1. The summed E-state index contributed by atoms with van der Waals surface area (Å²) in [5.74, 6) is 1.52. The summed E-state index contributed by atoms with van der Waals surface area (Å²) in [7, 11) is 1.69. The standard InChI is InChI=1S/C17H22N4O2/c1-12-3-5-13(6-4-12)16-19-15(23-20-16)11-21-9-7-14(8-10-21)17(22)18-2/h3-6,14H,7-11H2,1-2H3,(H,18,22). The molecular weight excluding hydrogens is 292 g/mol. The van der Waals surface area contributed by atoms with Crippen molar-refractivity contribution in [3.63, 3.8) is 0 Å². The molecule has 0 atom stereocenters. The Kier molecular flexibility index (Phi) is 4.71. The maximum atomic E-state index is 11.6. The van der Waals surface area contributed by atoms with E-state index in [4.69, 9.17) is 4.52 Å². The van der Waals surface area contributed by atoms with Gasteiger partial charge in [-0.05, 0) is 32.9 Å². The van der Waals surface area contributed by atoms with Gasteiger partial charge in [-0.2, -0.15) is 4.98 Å². The molecule has 1 N–H and O–H groups in total.